The lowest BCUT2D eigenvalue weighted by Crippen LogP contribution is -2.34. The molecule has 0 aliphatic carbocycles. The Bertz CT molecular complexity index is 655. The second-order valence-electron chi connectivity index (χ2n) is 5.68. The van der Waals surface area contributed by atoms with Crippen LogP contribution in [0.4, 0.5) is 17.1 Å². The number of hydrogen-bond donors (Lipinski definition) is 2. The molecule has 1 aliphatic heterocycles. The zero-order valence-electron chi connectivity index (χ0n) is 12.6. The first-order valence-electron chi connectivity index (χ1n) is 7.70. The van der Waals surface area contributed by atoms with E-state index in [1.807, 2.05) is 48.5 Å². The van der Waals surface area contributed by atoms with Gasteiger partial charge >= 0.3 is 0 Å². The molecule has 0 aromatic heterocycles. The summed E-state index contributed by atoms with van der Waals surface area (Å²) in [6, 6.07) is 15.5. The zero-order valence-corrected chi connectivity index (χ0v) is 12.6. The Hall–Kier alpha value is -2.49. The van der Waals surface area contributed by atoms with Crippen molar-refractivity contribution >= 4 is 23.0 Å². The Morgan fingerprint density at radius 3 is 2.77 bits per heavy atom. The number of hydrogen-bond acceptors (Lipinski definition) is 3. The minimum atomic E-state index is 0.0101. The van der Waals surface area contributed by atoms with Crippen LogP contribution in [0.5, 0.6) is 0 Å². The number of rotatable bonds is 3. The fourth-order valence-corrected chi connectivity index (χ4v) is 2.91. The van der Waals surface area contributed by atoms with Gasteiger partial charge in [-0.05, 0) is 55.2 Å². The quantitative estimate of drug-likeness (QED) is 0.856. The van der Waals surface area contributed by atoms with Gasteiger partial charge in [-0.25, -0.2) is 0 Å². The minimum Gasteiger partial charge on any atom is -0.399 e. The lowest BCUT2D eigenvalue weighted by atomic mass is 10.1. The van der Waals surface area contributed by atoms with Gasteiger partial charge in [0.05, 0.1) is 6.54 Å². The van der Waals surface area contributed by atoms with Gasteiger partial charge in [-0.3, -0.25) is 4.79 Å². The molecule has 0 bridgehead atoms. The van der Waals surface area contributed by atoms with Crippen LogP contribution in [0.25, 0.3) is 0 Å². The number of para-hydroxylation sites is 1. The SMILES string of the molecule is Nc1ccc2c(c1)CCCCN2CC(=O)Nc1ccccc1. The third kappa shape index (κ3) is 3.39. The molecule has 3 rings (SSSR count). The van der Waals surface area contributed by atoms with Gasteiger partial charge in [0.1, 0.15) is 0 Å². The van der Waals surface area contributed by atoms with E-state index < -0.39 is 0 Å². The molecule has 2 aromatic rings. The van der Waals surface area contributed by atoms with Crippen molar-refractivity contribution in [1.29, 1.82) is 0 Å². The van der Waals surface area contributed by atoms with Crippen molar-refractivity contribution in [3.63, 3.8) is 0 Å². The number of nitrogens with one attached hydrogen (secondary N) is 1. The molecule has 0 radical (unpaired) electrons. The van der Waals surface area contributed by atoms with Crippen molar-refractivity contribution in [3.8, 4) is 0 Å². The third-order valence-corrected chi connectivity index (χ3v) is 3.96. The Morgan fingerprint density at radius 1 is 1.14 bits per heavy atom. The van der Waals surface area contributed by atoms with E-state index >= 15 is 0 Å². The summed E-state index contributed by atoms with van der Waals surface area (Å²) in [6.07, 6.45) is 3.25. The van der Waals surface area contributed by atoms with Crippen molar-refractivity contribution in [1.82, 2.24) is 0 Å². The van der Waals surface area contributed by atoms with Gasteiger partial charge in [-0.1, -0.05) is 18.2 Å². The minimum absolute atomic E-state index is 0.0101. The van der Waals surface area contributed by atoms with Gasteiger partial charge in [0, 0.05) is 23.6 Å². The number of benzene rings is 2. The molecule has 1 amide bonds. The number of amides is 1. The fraction of sp³-hybridized carbons (Fsp3) is 0.278. The maximum atomic E-state index is 12.3. The predicted molar refractivity (Wildman–Crippen MR) is 91.1 cm³/mol. The predicted octanol–water partition coefficient (Wildman–Crippen LogP) is 3.05. The Morgan fingerprint density at radius 2 is 1.95 bits per heavy atom. The summed E-state index contributed by atoms with van der Waals surface area (Å²) < 4.78 is 0. The van der Waals surface area contributed by atoms with E-state index in [0.717, 1.165) is 42.9 Å². The molecular formula is C18H21N3O. The average Bonchev–Trinajstić information content (AvgIpc) is 2.70. The van der Waals surface area contributed by atoms with E-state index in [9.17, 15) is 4.79 Å². The smallest absolute Gasteiger partial charge is 0.243 e. The highest BCUT2D eigenvalue weighted by molar-refractivity contribution is 5.94. The lowest BCUT2D eigenvalue weighted by molar-refractivity contribution is -0.115. The Labute approximate surface area is 130 Å². The average molecular weight is 295 g/mol. The molecule has 0 saturated heterocycles. The highest BCUT2D eigenvalue weighted by atomic mass is 16.2. The molecular weight excluding hydrogens is 274 g/mol. The molecule has 114 valence electrons. The molecule has 1 aliphatic rings. The zero-order chi connectivity index (χ0) is 15.4. The van der Waals surface area contributed by atoms with Crippen molar-refractivity contribution < 1.29 is 4.79 Å². The summed E-state index contributed by atoms with van der Waals surface area (Å²) in [7, 11) is 0. The van der Waals surface area contributed by atoms with E-state index in [4.69, 9.17) is 5.73 Å². The maximum absolute atomic E-state index is 12.3. The van der Waals surface area contributed by atoms with E-state index in [2.05, 4.69) is 10.2 Å². The summed E-state index contributed by atoms with van der Waals surface area (Å²) >= 11 is 0. The van der Waals surface area contributed by atoms with Gasteiger partial charge in [0.15, 0.2) is 0 Å². The molecule has 0 unspecified atom stereocenters. The van der Waals surface area contributed by atoms with Gasteiger partial charge in [-0.15, -0.1) is 0 Å². The number of nitrogen functional groups attached to an aromatic ring is 1. The van der Waals surface area contributed by atoms with Gasteiger partial charge in [0.25, 0.3) is 0 Å². The molecule has 0 spiro atoms. The number of aryl methyl sites for hydroxylation is 1. The number of nitrogens with zero attached hydrogens (tertiary/aromatic N) is 1. The number of nitrogens with two attached hydrogens (primary N) is 1. The number of anilines is 3. The topological polar surface area (TPSA) is 58.4 Å². The highest BCUT2D eigenvalue weighted by Gasteiger charge is 2.18. The highest BCUT2D eigenvalue weighted by Crippen LogP contribution is 2.28. The molecule has 22 heavy (non-hydrogen) atoms. The Balaban J connectivity index is 1.73. The monoisotopic (exact) mass is 295 g/mol. The Kier molecular flexibility index (Phi) is 4.28. The van der Waals surface area contributed by atoms with E-state index in [0.29, 0.717) is 6.54 Å². The van der Waals surface area contributed by atoms with E-state index in [1.165, 1.54) is 5.56 Å². The van der Waals surface area contributed by atoms with Crippen LogP contribution in [0, 0.1) is 0 Å². The second kappa shape index (κ2) is 6.52. The molecule has 0 fully saturated rings. The molecule has 4 heteroatoms. The van der Waals surface area contributed by atoms with Crippen LogP contribution in [0.1, 0.15) is 18.4 Å². The van der Waals surface area contributed by atoms with Crippen LogP contribution in [0.15, 0.2) is 48.5 Å². The molecule has 2 aromatic carbocycles. The summed E-state index contributed by atoms with van der Waals surface area (Å²) in [5.74, 6) is 0.0101. The lowest BCUT2D eigenvalue weighted by Gasteiger charge is -2.24. The van der Waals surface area contributed by atoms with E-state index in [-0.39, 0.29) is 5.91 Å². The number of fused-ring (bicyclic) bond motifs is 1. The first kappa shape index (κ1) is 14.4. The van der Waals surface area contributed by atoms with Gasteiger partial charge in [-0.2, -0.15) is 0 Å². The van der Waals surface area contributed by atoms with Crippen molar-refractivity contribution in [2.45, 2.75) is 19.3 Å². The van der Waals surface area contributed by atoms with Crippen LogP contribution in [-0.4, -0.2) is 19.0 Å². The van der Waals surface area contributed by atoms with Crippen molar-refractivity contribution in [2.75, 3.05) is 29.0 Å². The summed E-state index contributed by atoms with van der Waals surface area (Å²) in [6.45, 7) is 1.27. The van der Waals surface area contributed by atoms with Crippen LogP contribution >= 0.6 is 0 Å². The van der Waals surface area contributed by atoms with Crippen LogP contribution in [0.3, 0.4) is 0 Å². The molecule has 4 nitrogen and oxygen atoms in total. The fourth-order valence-electron chi connectivity index (χ4n) is 2.91. The molecule has 1 heterocycles. The largest absolute Gasteiger partial charge is 0.399 e. The van der Waals surface area contributed by atoms with Crippen LogP contribution < -0.4 is 16.0 Å². The normalized spacial score (nSPS) is 14.1. The first-order chi connectivity index (χ1) is 10.7. The van der Waals surface area contributed by atoms with Gasteiger partial charge < -0.3 is 16.0 Å². The third-order valence-electron chi connectivity index (χ3n) is 3.96. The number of carbonyl (C=O) groups is 1. The summed E-state index contributed by atoms with van der Waals surface area (Å²) in [4.78, 5) is 14.4. The maximum Gasteiger partial charge on any atom is 0.243 e. The second-order valence-corrected chi connectivity index (χ2v) is 5.68. The number of carbonyl (C=O) groups excluding carboxylic acids is 1. The van der Waals surface area contributed by atoms with Crippen molar-refractivity contribution in [3.05, 3.63) is 54.1 Å². The van der Waals surface area contributed by atoms with Gasteiger partial charge in [0.2, 0.25) is 5.91 Å². The van der Waals surface area contributed by atoms with E-state index in [1.54, 1.807) is 0 Å². The first-order valence-corrected chi connectivity index (χ1v) is 7.70. The summed E-state index contributed by atoms with van der Waals surface area (Å²) in [5.41, 5.74) is 9.88. The van der Waals surface area contributed by atoms with Crippen LogP contribution in [0.2, 0.25) is 0 Å². The summed E-state index contributed by atoms with van der Waals surface area (Å²) in [5, 5.41) is 2.95. The molecule has 3 N–H and O–H groups in total. The molecule has 0 atom stereocenters. The van der Waals surface area contributed by atoms with Crippen LogP contribution in [-0.2, 0) is 11.2 Å². The van der Waals surface area contributed by atoms with Crippen molar-refractivity contribution in [2.24, 2.45) is 0 Å². The molecule has 0 saturated carbocycles. The standard InChI is InChI=1S/C18H21N3O/c19-15-9-10-17-14(12-15)6-4-5-11-21(17)13-18(22)20-16-7-2-1-3-8-16/h1-3,7-10,12H,4-6,11,13,19H2,(H,20,22).